The Bertz CT molecular complexity index is 1030. The van der Waals surface area contributed by atoms with E-state index in [1.807, 2.05) is 6.07 Å². The second kappa shape index (κ2) is 7.61. The number of benzene rings is 2. The van der Waals surface area contributed by atoms with Gasteiger partial charge < -0.3 is 9.47 Å². The van der Waals surface area contributed by atoms with Gasteiger partial charge in [0.2, 0.25) is 0 Å². The summed E-state index contributed by atoms with van der Waals surface area (Å²) in [5.74, 6) is 1.06. The molecule has 134 valence electrons. The van der Waals surface area contributed by atoms with Crippen LogP contribution in [0, 0.1) is 0 Å². The highest BCUT2D eigenvalue weighted by molar-refractivity contribution is 7.99. The molecule has 0 N–H and O–H groups in total. The Hall–Kier alpha value is -2.80. The Morgan fingerprint density at radius 1 is 1.15 bits per heavy atom. The number of thioether (sulfide) groups is 1. The Morgan fingerprint density at radius 2 is 1.92 bits per heavy atom. The average molecular weight is 370 g/mol. The molecule has 1 heterocycles. The number of ketones is 1. The highest BCUT2D eigenvalue weighted by atomic mass is 32.2. The first-order valence-electron chi connectivity index (χ1n) is 7.89. The van der Waals surface area contributed by atoms with Crippen molar-refractivity contribution < 1.29 is 14.3 Å². The summed E-state index contributed by atoms with van der Waals surface area (Å²) >= 11 is 1.22. The van der Waals surface area contributed by atoms with Crippen LogP contribution in [0.4, 0.5) is 0 Å². The summed E-state index contributed by atoms with van der Waals surface area (Å²) in [7, 11) is 4.71. The van der Waals surface area contributed by atoms with Crippen molar-refractivity contribution in [1.29, 1.82) is 0 Å². The first-order valence-corrected chi connectivity index (χ1v) is 8.87. The molecule has 0 amide bonds. The van der Waals surface area contributed by atoms with Crippen LogP contribution >= 0.6 is 11.8 Å². The third-order valence-electron chi connectivity index (χ3n) is 3.98. The van der Waals surface area contributed by atoms with E-state index in [2.05, 4.69) is 4.98 Å². The van der Waals surface area contributed by atoms with Crippen molar-refractivity contribution in [3.8, 4) is 11.5 Å². The molecule has 6 nitrogen and oxygen atoms in total. The fourth-order valence-corrected chi connectivity index (χ4v) is 3.42. The molecule has 2 aromatic carbocycles. The van der Waals surface area contributed by atoms with Crippen LogP contribution in [0.15, 0.2) is 52.4 Å². The van der Waals surface area contributed by atoms with E-state index in [1.54, 1.807) is 50.6 Å². The number of fused-ring (bicyclic) bond motifs is 1. The standard InChI is InChI=1S/C19H18N2O4S/c1-21-18(23)13-6-4-5-7-15(13)20-19(21)26-11-16(22)14-10-12(24-2)8-9-17(14)25-3/h4-10H,11H2,1-3H3. The van der Waals surface area contributed by atoms with Crippen LogP contribution < -0.4 is 15.0 Å². The van der Waals surface area contributed by atoms with Crippen LogP contribution in [-0.2, 0) is 7.05 Å². The highest BCUT2D eigenvalue weighted by Gasteiger charge is 2.16. The van der Waals surface area contributed by atoms with Gasteiger partial charge in [0.25, 0.3) is 5.56 Å². The number of para-hydroxylation sites is 1. The van der Waals surface area contributed by atoms with E-state index in [-0.39, 0.29) is 17.1 Å². The third kappa shape index (κ3) is 3.43. The monoisotopic (exact) mass is 370 g/mol. The van der Waals surface area contributed by atoms with Crippen LogP contribution in [0.1, 0.15) is 10.4 Å². The molecule has 0 aliphatic carbocycles. The van der Waals surface area contributed by atoms with Gasteiger partial charge in [-0.1, -0.05) is 23.9 Å². The first-order chi connectivity index (χ1) is 12.5. The van der Waals surface area contributed by atoms with Crippen LogP contribution in [0.5, 0.6) is 11.5 Å². The number of Topliss-reactive ketones (excluding diaryl/α,β-unsaturated/α-hetero) is 1. The topological polar surface area (TPSA) is 70.4 Å². The SMILES string of the molecule is COc1ccc(OC)c(C(=O)CSc2nc3ccccc3c(=O)n2C)c1. The Kier molecular flexibility index (Phi) is 5.27. The number of rotatable bonds is 6. The largest absolute Gasteiger partial charge is 0.497 e. The molecule has 0 spiro atoms. The predicted molar refractivity (Wildman–Crippen MR) is 102 cm³/mol. The molecule has 0 aliphatic rings. The fourth-order valence-electron chi connectivity index (χ4n) is 2.57. The van der Waals surface area contributed by atoms with Gasteiger partial charge in [-0.2, -0.15) is 0 Å². The second-order valence-electron chi connectivity index (χ2n) is 5.55. The maximum Gasteiger partial charge on any atom is 0.261 e. The lowest BCUT2D eigenvalue weighted by Crippen LogP contribution is -2.20. The Labute approximate surface area is 154 Å². The minimum Gasteiger partial charge on any atom is -0.497 e. The lowest BCUT2D eigenvalue weighted by atomic mass is 10.1. The van der Waals surface area contributed by atoms with Gasteiger partial charge in [0, 0.05) is 7.05 Å². The van der Waals surface area contributed by atoms with E-state index in [0.717, 1.165) is 0 Å². The Balaban J connectivity index is 1.88. The Morgan fingerprint density at radius 3 is 2.65 bits per heavy atom. The number of nitrogens with zero attached hydrogens (tertiary/aromatic N) is 2. The number of aromatic nitrogens is 2. The van der Waals surface area contributed by atoms with Crippen LogP contribution in [0.2, 0.25) is 0 Å². The summed E-state index contributed by atoms with van der Waals surface area (Å²) in [6.45, 7) is 0. The van der Waals surface area contributed by atoms with Crippen molar-refractivity contribution in [2.45, 2.75) is 5.16 Å². The summed E-state index contributed by atoms with van der Waals surface area (Å²) in [6.07, 6.45) is 0. The van der Waals surface area contributed by atoms with Gasteiger partial charge in [0.15, 0.2) is 10.9 Å². The minimum absolute atomic E-state index is 0.127. The van der Waals surface area contributed by atoms with Gasteiger partial charge >= 0.3 is 0 Å². The van der Waals surface area contributed by atoms with E-state index >= 15 is 0 Å². The molecule has 0 atom stereocenters. The van der Waals surface area contributed by atoms with E-state index < -0.39 is 0 Å². The summed E-state index contributed by atoms with van der Waals surface area (Å²) in [5.41, 5.74) is 0.916. The smallest absolute Gasteiger partial charge is 0.261 e. The first kappa shape index (κ1) is 18.0. The average Bonchev–Trinajstić information content (AvgIpc) is 2.68. The maximum atomic E-state index is 12.7. The molecule has 26 heavy (non-hydrogen) atoms. The van der Waals surface area contributed by atoms with E-state index in [0.29, 0.717) is 33.1 Å². The number of carbonyl (C=O) groups is 1. The van der Waals surface area contributed by atoms with E-state index in [9.17, 15) is 9.59 Å². The van der Waals surface area contributed by atoms with Gasteiger partial charge in [-0.15, -0.1) is 0 Å². The molecule has 1 aromatic heterocycles. The van der Waals surface area contributed by atoms with Crippen LogP contribution in [0.3, 0.4) is 0 Å². The molecule has 0 saturated carbocycles. The van der Waals surface area contributed by atoms with Crippen molar-refractivity contribution >= 4 is 28.4 Å². The quantitative estimate of drug-likeness (QED) is 0.377. The van der Waals surface area contributed by atoms with Gasteiger partial charge in [0.1, 0.15) is 11.5 Å². The van der Waals surface area contributed by atoms with Crippen molar-refractivity contribution in [2.75, 3.05) is 20.0 Å². The van der Waals surface area contributed by atoms with Crippen LogP contribution in [0.25, 0.3) is 10.9 Å². The van der Waals surface area contributed by atoms with E-state index in [1.165, 1.54) is 23.4 Å². The molecule has 7 heteroatoms. The zero-order valence-electron chi connectivity index (χ0n) is 14.7. The van der Waals surface area contributed by atoms with Gasteiger partial charge in [0.05, 0.1) is 36.4 Å². The molecule has 0 unspecified atom stereocenters. The highest BCUT2D eigenvalue weighted by Crippen LogP contribution is 2.26. The normalized spacial score (nSPS) is 10.7. The summed E-state index contributed by atoms with van der Waals surface area (Å²) in [6, 6.07) is 12.2. The summed E-state index contributed by atoms with van der Waals surface area (Å²) in [4.78, 5) is 29.6. The molecule has 0 aliphatic heterocycles. The van der Waals surface area contributed by atoms with Crippen molar-refractivity contribution in [3.63, 3.8) is 0 Å². The van der Waals surface area contributed by atoms with Gasteiger partial charge in [-0.3, -0.25) is 14.2 Å². The van der Waals surface area contributed by atoms with E-state index in [4.69, 9.17) is 9.47 Å². The number of hydrogen-bond acceptors (Lipinski definition) is 6. The summed E-state index contributed by atoms with van der Waals surface area (Å²) in [5, 5.41) is 1.05. The van der Waals surface area contributed by atoms with Gasteiger partial charge in [-0.05, 0) is 30.3 Å². The molecule has 3 rings (SSSR count). The minimum atomic E-state index is -0.135. The van der Waals surface area contributed by atoms with Crippen LogP contribution in [-0.4, -0.2) is 35.3 Å². The zero-order chi connectivity index (χ0) is 18.7. The second-order valence-corrected chi connectivity index (χ2v) is 6.50. The lowest BCUT2D eigenvalue weighted by Gasteiger charge is -2.11. The molecule has 0 bridgehead atoms. The fraction of sp³-hybridized carbons (Fsp3) is 0.211. The third-order valence-corrected chi connectivity index (χ3v) is 5.01. The molecular weight excluding hydrogens is 352 g/mol. The lowest BCUT2D eigenvalue weighted by molar-refractivity contribution is 0.101. The zero-order valence-corrected chi connectivity index (χ0v) is 15.5. The van der Waals surface area contributed by atoms with Crippen molar-refractivity contribution in [3.05, 3.63) is 58.4 Å². The van der Waals surface area contributed by atoms with Crippen molar-refractivity contribution in [2.24, 2.45) is 7.05 Å². The molecular formula is C19H18N2O4S. The molecule has 0 radical (unpaired) electrons. The van der Waals surface area contributed by atoms with Crippen molar-refractivity contribution in [1.82, 2.24) is 9.55 Å². The molecule has 0 fully saturated rings. The number of carbonyl (C=O) groups excluding carboxylic acids is 1. The molecule has 3 aromatic rings. The predicted octanol–water partition coefficient (Wildman–Crippen LogP) is 2.93. The maximum absolute atomic E-state index is 12.7. The molecule has 0 saturated heterocycles. The number of ether oxygens (including phenoxy) is 2. The number of hydrogen-bond donors (Lipinski definition) is 0. The van der Waals surface area contributed by atoms with Gasteiger partial charge in [-0.25, -0.2) is 4.98 Å². The summed E-state index contributed by atoms with van der Waals surface area (Å²) < 4.78 is 11.9. The number of methoxy groups -OCH3 is 2.